The normalized spacial score (nSPS) is 21.9. The number of carbonyl (C=O) groups is 2. The molecule has 4 unspecified atom stereocenters. The van der Waals surface area contributed by atoms with Gasteiger partial charge in [-0.25, -0.2) is 13.9 Å². The number of hydrogen-bond acceptors (Lipinski definition) is 16. The number of allylic oxidation sites excluding steroid dienone is 11. The molecule has 2 fully saturated rings. The zero-order chi connectivity index (χ0) is 55.3. The molecule has 21 heteroatoms. The Morgan fingerprint density at radius 2 is 1.18 bits per heavy atom. The van der Waals surface area contributed by atoms with Gasteiger partial charge in [-0.3, -0.25) is 23.2 Å². The minimum atomic E-state index is -5.45. The standard InChI is InChI=1S/C55H89N3O16P2/c1-3-5-7-9-11-13-15-17-18-19-20-21-22-23-24-26-28-30-32-34-38-50(59)68-42-45(71-51(60)39-35-37-47-46(72-47)36-33-31-29-27-25-16-14-12-10-8-6-4-2)43-69-75(64,65)74-76(66,67)70-44-48-52(61)53(62)54(73-48)58-41-40-49(56)57-55(58)63/h12-15,18-19,21-22,25,27,31,33,40-41,45-48,52-54,61-62H,3-11,16-17,20,23-24,26,28-30,32,34-39,42-44H2,1-2H3,(H,64,65)(H,66,67)(H2,56,57,63)/b14-12-,15-13-,19-18-,22-21-,27-25-,33-31-/t45-,46?,47?,48-,52-,53-,54-/m1/s1. The molecular formula is C55H89N3O16P2. The summed E-state index contributed by atoms with van der Waals surface area (Å²) in [7, 11) is -10.9. The fourth-order valence-corrected chi connectivity index (χ4v) is 10.2. The molecule has 430 valence electrons. The molecule has 0 radical (unpaired) electrons. The number of nitrogen functional groups attached to an aromatic ring is 1. The topological polar surface area (TPSA) is 278 Å². The van der Waals surface area contributed by atoms with Gasteiger partial charge in [0.25, 0.3) is 0 Å². The second-order valence-electron chi connectivity index (χ2n) is 19.1. The maximum Gasteiger partial charge on any atom is 0.481 e. The van der Waals surface area contributed by atoms with Crippen molar-refractivity contribution in [2.45, 2.75) is 217 Å². The molecular weight excluding hydrogens is 1020 g/mol. The number of nitrogens with two attached hydrogens (primary N) is 1. The second-order valence-corrected chi connectivity index (χ2v) is 22.2. The van der Waals surface area contributed by atoms with Gasteiger partial charge in [0.15, 0.2) is 12.3 Å². The number of phosphoric ester groups is 2. The Bertz CT molecular complexity index is 2130. The molecule has 1 aromatic heterocycles. The molecule has 0 amide bonds. The molecule has 6 N–H and O–H groups in total. The third-order valence-electron chi connectivity index (χ3n) is 12.4. The number of esters is 2. The Morgan fingerprint density at radius 3 is 1.80 bits per heavy atom. The van der Waals surface area contributed by atoms with Crippen LogP contribution in [0.1, 0.15) is 181 Å². The van der Waals surface area contributed by atoms with Gasteiger partial charge < -0.3 is 44.7 Å². The summed E-state index contributed by atoms with van der Waals surface area (Å²) in [5.41, 5.74) is 4.59. The van der Waals surface area contributed by atoms with E-state index in [0.29, 0.717) is 19.3 Å². The lowest BCUT2D eigenvalue weighted by Crippen LogP contribution is -2.36. The summed E-state index contributed by atoms with van der Waals surface area (Å²) in [6, 6.07) is 1.24. The zero-order valence-corrected chi connectivity index (χ0v) is 46.8. The van der Waals surface area contributed by atoms with Gasteiger partial charge in [-0.2, -0.15) is 9.29 Å². The number of hydrogen-bond donors (Lipinski definition) is 5. The van der Waals surface area contributed by atoms with Crippen molar-refractivity contribution < 1.29 is 71.0 Å². The van der Waals surface area contributed by atoms with Crippen molar-refractivity contribution >= 4 is 33.4 Å². The number of aliphatic hydroxyl groups is 2. The molecule has 3 heterocycles. The van der Waals surface area contributed by atoms with Crippen LogP contribution in [0, 0.1) is 0 Å². The molecule has 0 aliphatic carbocycles. The van der Waals surface area contributed by atoms with Gasteiger partial charge in [0, 0.05) is 19.0 Å². The minimum absolute atomic E-state index is 0.0115. The van der Waals surface area contributed by atoms with E-state index in [-0.39, 0.29) is 30.9 Å². The summed E-state index contributed by atoms with van der Waals surface area (Å²) in [4.78, 5) is 62.2. The average Bonchev–Trinajstić information content (AvgIpc) is 4.07. The molecule has 0 spiro atoms. The lowest BCUT2D eigenvalue weighted by Gasteiger charge is -2.21. The van der Waals surface area contributed by atoms with Crippen molar-refractivity contribution in [3.63, 3.8) is 0 Å². The van der Waals surface area contributed by atoms with Gasteiger partial charge in [-0.15, -0.1) is 0 Å². The third-order valence-corrected chi connectivity index (χ3v) is 15.0. The van der Waals surface area contributed by atoms with E-state index in [4.69, 9.17) is 33.7 Å². The van der Waals surface area contributed by atoms with Crippen LogP contribution in [0.2, 0.25) is 0 Å². The number of unbranched alkanes of at least 4 members (excludes halogenated alkanes) is 13. The molecule has 0 bridgehead atoms. The lowest BCUT2D eigenvalue weighted by molar-refractivity contribution is -0.161. The molecule has 19 nitrogen and oxygen atoms in total. The van der Waals surface area contributed by atoms with Gasteiger partial charge in [0.2, 0.25) is 0 Å². The molecule has 2 aliphatic heterocycles. The van der Waals surface area contributed by atoms with Crippen molar-refractivity contribution in [2.75, 3.05) is 25.6 Å². The average molecular weight is 1110 g/mol. The third kappa shape index (κ3) is 30.9. The van der Waals surface area contributed by atoms with E-state index in [9.17, 15) is 43.5 Å². The first kappa shape index (κ1) is 66.4. The van der Waals surface area contributed by atoms with E-state index in [1.165, 1.54) is 51.0 Å². The van der Waals surface area contributed by atoms with E-state index in [0.717, 1.165) is 94.2 Å². The Morgan fingerprint density at radius 1 is 0.658 bits per heavy atom. The SMILES string of the molecule is CCCCC/C=C\C/C=C\C/C=C\CC1OC1CCCC(=O)O[C@H](COC(=O)CCCCCCCC/C=C\C/C=C\C/C=C\CCCCCC)COP(=O)(O)OP(=O)(O)OC[C@H]1O[C@@H](n2ccc(N)nc2=O)[C@H](O)[C@@H]1O. The van der Waals surface area contributed by atoms with Gasteiger partial charge in [0.05, 0.1) is 25.4 Å². The summed E-state index contributed by atoms with van der Waals surface area (Å²) in [5, 5.41) is 21.0. The van der Waals surface area contributed by atoms with Crippen LogP contribution in [0.25, 0.3) is 0 Å². The van der Waals surface area contributed by atoms with Crippen LogP contribution >= 0.6 is 15.6 Å². The van der Waals surface area contributed by atoms with E-state index in [1.807, 2.05) is 0 Å². The molecule has 0 aromatic carbocycles. The van der Waals surface area contributed by atoms with E-state index >= 15 is 0 Å². The first-order valence-corrected chi connectivity index (χ1v) is 30.6. The highest BCUT2D eigenvalue weighted by Crippen LogP contribution is 2.60. The van der Waals surface area contributed by atoms with Gasteiger partial charge in [-0.05, 0) is 96.0 Å². The molecule has 76 heavy (non-hydrogen) atoms. The highest BCUT2D eigenvalue weighted by Gasteiger charge is 2.46. The van der Waals surface area contributed by atoms with Gasteiger partial charge in [0.1, 0.15) is 30.7 Å². The number of phosphoric acid groups is 2. The van der Waals surface area contributed by atoms with Crippen LogP contribution in [0.15, 0.2) is 90.0 Å². The molecule has 1 aromatic rings. The fourth-order valence-electron chi connectivity index (χ4n) is 8.05. The van der Waals surface area contributed by atoms with Crippen molar-refractivity contribution in [3.05, 3.63) is 95.7 Å². The summed E-state index contributed by atoms with van der Waals surface area (Å²) in [6.45, 7) is 2.03. The number of ether oxygens (including phenoxy) is 4. The number of anilines is 1. The first-order valence-electron chi connectivity index (χ1n) is 27.6. The summed E-state index contributed by atoms with van der Waals surface area (Å²) in [5.74, 6) is -1.39. The van der Waals surface area contributed by atoms with Crippen molar-refractivity contribution in [3.8, 4) is 0 Å². The van der Waals surface area contributed by atoms with Crippen LogP contribution in [0.4, 0.5) is 5.82 Å². The van der Waals surface area contributed by atoms with Crippen LogP contribution < -0.4 is 11.4 Å². The Balaban J connectivity index is 1.40. The second kappa shape index (κ2) is 39.5. The van der Waals surface area contributed by atoms with Crippen LogP contribution in [0.5, 0.6) is 0 Å². The molecule has 3 rings (SSSR count). The van der Waals surface area contributed by atoms with Crippen molar-refractivity contribution in [1.82, 2.24) is 9.55 Å². The quantitative estimate of drug-likeness (QED) is 0.0133. The highest BCUT2D eigenvalue weighted by molar-refractivity contribution is 7.61. The number of aromatic nitrogens is 2. The van der Waals surface area contributed by atoms with Crippen LogP contribution in [0.3, 0.4) is 0 Å². The lowest BCUT2D eigenvalue weighted by atomic mass is 10.1. The van der Waals surface area contributed by atoms with E-state index < -0.39 is 83.7 Å². The van der Waals surface area contributed by atoms with Crippen LogP contribution in [-0.4, -0.2) is 97.9 Å². The predicted molar refractivity (Wildman–Crippen MR) is 293 cm³/mol. The largest absolute Gasteiger partial charge is 0.481 e. The fraction of sp³-hybridized carbons (Fsp3) is 0.673. The van der Waals surface area contributed by atoms with E-state index in [1.54, 1.807) is 0 Å². The summed E-state index contributed by atoms with van der Waals surface area (Å²) < 4.78 is 62.7. The molecule has 2 aliphatic rings. The number of aliphatic hydroxyl groups excluding tert-OH is 2. The maximum atomic E-state index is 13.0. The Kier molecular flexibility index (Phi) is 34.5. The number of epoxide rings is 1. The van der Waals surface area contributed by atoms with Gasteiger partial charge >= 0.3 is 33.3 Å². The van der Waals surface area contributed by atoms with Crippen molar-refractivity contribution in [1.29, 1.82) is 0 Å². The predicted octanol–water partition coefficient (Wildman–Crippen LogP) is 11.0. The number of rotatable bonds is 44. The number of nitrogens with zero attached hydrogens (tertiary/aromatic N) is 2. The van der Waals surface area contributed by atoms with Crippen LogP contribution in [-0.2, 0) is 51.0 Å². The number of carbonyl (C=O) groups excluding carboxylic acids is 2. The smallest absolute Gasteiger partial charge is 0.462 e. The van der Waals surface area contributed by atoms with Gasteiger partial charge in [-0.1, -0.05) is 145 Å². The monoisotopic (exact) mass is 1110 g/mol. The first-order chi connectivity index (χ1) is 36.6. The Hall–Kier alpha value is -3.84. The molecule has 0 saturated carbocycles. The minimum Gasteiger partial charge on any atom is -0.462 e. The molecule has 9 atom stereocenters. The van der Waals surface area contributed by atoms with Crippen molar-refractivity contribution in [2.24, 2.45) is 0 Å². The Labute approximate surface area is 450 Å². The highest BCUT2D eigenvalue weighted by atomic mass is 31.3. The molecule has 2 saturated heterocycles. The zero-order valence-electron chi connectivity index (χ0n) is 45.0. The summed E-state index contributed by atoms with van der Waals surface area (Å²) in [6.07, 6.45) is 42.7. The maximum absolute atomic E-state index is 13.0. The summed E-state index contributed by atoms with van der Waals surface area (Å²) >= 11 is 0. The van der Waals surface area contributed by atoms with E-state index in [2.05, 4.69) is 96.1 Å².